The fourth-order valence-electron chi connectivity index (χ4n) is 7.85. The van der Waals surface area contributed by atoms with Crippen LogP contribution in [0.15, 0.2) is 36.5 Å². The predicted molar refractivity (Wildman–Crippen MR) is 259 cm³/mol. The highest BCUT2D eigenvalue weighted by molar-refractivity contribution is 5.76. The van der Waals surface area contributed by atoms with Crippen molar-refractivity contribution in [2.75, 3.05) is 13.2 Å². The van der Waals surface area contributed by atoms with Crippen LogP contribution in [0.2, 0.25) is 0 Å². The van der Waals surface area contributed by atoms with Crippen molar-refractivity contribution < 1.29 is 24.5 Å². The summed E-state index contributed by atoms with van der Waals surface area (Å²) >= 11 is 0. The van der Waals surface area contributed by atoms with Gasteiger partial charge < -0.3 is 20.3 Å². The van der Waals surface area contributed by atoms with Gasteiger partial charge in [0, 0.05) is 12.8 Å². The van der Waals surface area contributed by atoms with Gasteiger partial charge in [0.15, 0.2) is 0 Å². The molecule has 3 N–H and O–H groups in total. The molecule has 60 heavy (non-hydrogen) atoms. The first kappa shape index (κ1) is 58.1. The van der Waals surface area contributed by atoms with Gasteiger partial charge in [-0.15, -0.1) is 0 Å². The number of rotatable bonds is 48. The molecule has 0 saturated heterocycles. The molecule has 0 aliphatic rings. The molecule has 352 valence electrons. The summed E-state index contributed by atoms with van der Waals surface area (Å²) in [6.45, 7) is 4.77. The molecule has 6 heteroatoms. The third kappa shape index (κ3) is 45.6. The lowest BCUT2D eigenvalue weighted by Crippen LogP contribution is -2.45. The van der Waals surface area contributed by atoms with Gasteiger partial charge in [0.1, 0.15) is 0 Å². The Kier molecular flexibility index (Phi) is 48.1. The monoisotopic (exact) mass is 844 g/mol. The van der Waals surface area contributed by atoms with Gasteiger partial charge >= 0.3 is 5.97 Å². The molecular weight excluding hydrogens is 743 g/mol. The molecule has 0 aromatic heterocycles. The highest BCUT2D eigenvalue weighted by Crippen LogP contribution is 2.16. The zero-order chi connectivity index (χ0) is 43.7. The van der Waals surface area contributed by atoms with Crippen molar-refractivity contribution in [1.29, 1.82) is 0 Å². The molecule has 0 spiro atoms. The Balaban J connectivity index is 3.54. The zero-order valence-electron chi connectivity index (χ0n) is 39.9. The summed E-state index contributed by atoms with van der Waals surface area (Å²) in [7, 11) is 0. The van der Waals surface area contributed by atoms with Crippen molar-refractivity contribution >= 4 is 11.9 Å². The fraction of sp³-hybridized carbons (Fsp3) is 0.852. The Bertz CT molecular complexity index is 977. The maximum Gasteiger partial charge on any atom is 0.305 e. The number of nitrogens with one attached hydrogen (secondary N) is 1. The molecule has 0 radical (unpaired) electrons. The highest BCUT2D eigenvalue weighted by Gasteiger charge is 2.18. The van der Waals surface area contributed by atoms with Crippen LogP contribution < -0.4 is 5.32 Å². The Labute approximate surface area is 373 Å². The minimum atomic E-state index is -0.864. The van der Waals surface area contributed by atoms with Crippen LogP contribution in [-0.4, -0.2) is 47.4 Å². The number of allylic oxidation sites excluding steroid dienone is 5. The van der Waals surface area contributed by atoms with Crippen molar-refractivity contribution in [3.8, 4) is 0 Å². The number of esters is 1. The first-order chi connectivity index (χ1) is 29.5. The second-order valence-corrected chi connectivity index (χ2v) is 17.9. The first-order valence-corrected chi connectivity index (χ1v) is 26.3. The van der Waals surface area contributed by atoms with E-state index in [-0.39, 0.29) is 18.5 Å². The van der Waals surface area contributed by atoms with E-state index in [1.165, 1.54) is 173 Å². The normalized spacial score (nSPS) is 12.9. The summed E-state index contributed by atoms with van der Waals surface area (Å²) in [6, 6.07) is -0.650. The van der Waals surface area contributed by atoms with E-state index in [0.717, 1.165) is 70.6 Å². The lowest BCUT2D eigenvalue weighted by atomic mass is 10.0. The smallest absolute Gasteiger partial charge is 0.305 e. The van der Waals surface area contributed by atoms with Gasteiger partial charge in [-0.05, 0) is 57.8 Å². The van der Waals surface area contributed by atoms with Gasteiger partial charge in [0.2, 0.25) is 5.91 Å². The second kappa shape index (κ2) is 49.7. The number of amides is 1. The average molecular weight is 844 g/mol. The van der Waals surface area contributed by atoms with Gasteiger partial charge in [-0.1, -0.05) is 237 Å². The van der Waals surface area contributed by atoms with Crippen molar-refractivity contribution in [2.45, 2.75) is 283 Å². The van der Waals surface area contributed by atoms with Gasteiger partial charge in [-0.2, -0.15) is 0 Å². The average Bonchev–Trinajstić information content (AvgIpc) is 3.25. The molecule has 2 unspecified atom stereocenters. The van der Waals surface area contributed by atoms with E-state index in [2.05, 4.69) is 43.5 Å². The Hall–Kier alpha value is -1.92. The molecule has 2 atom stereocenters. The lowest BCUT2D eigenvalue weighted by molar-refractivity contribution is -0.143. The second-order valence-electron chi connectivity index (χ2n) is 17.9. The standard InChI is InChI=1S/C54H101NO5/c1-3-5-7-9-11-13-15-17-18-19-20-21-22-23-24-26-27-30-34-38-42-46-52(57)51(50-56)55-53(58)47-43-39-35-31-29-33-37-41-45-49-60-54(59)48-44-40-36-32-28-25-16-14-12-10-8-6-4-2/h8,10,14,16,42,46,51-52,56-57H,3-7,9,11-13,15,17-41,43-45,47-50H2,1-2H3,(H,55,58)/b10-8-,16-14-,46-42+. The molecule has 1 amide bonds. The van der Waals surface area contributed by atoms with E-state index >= 15 is 0 Å². The highest BCUT2D eigenvalue weighted by atomic mass is 16.5. The number of ether oxygens (including phenoxy) is 1. The number of carbonyl (C=O) groups excluding carboxylic acids is 2. The maximum absolute atomic E-state index is 12.4. The third-order valence-corrected chi connectivity index (χ3v) is 11.9. The molecule has 6 nitrogen and oxygen atoms in total. The van der Waals surface area contributed by atoms with Crippen molar-refractivity contribution in [1.82, 2.24) is 5.32 Å². The number of hydrogen-bond acceptors (Lipinski definition) is 5. The van der Waals surface area contributed by atoms with E-state index in [9.17, 15) is 19.8 Å². The minimum Gasteiger partial charge on any atom is -0.466 e. The summed E-state index contributed by atoms with van der Waals surface area (Å²) in [5.74, 6) is -0.138. The van der Waals surface area contributed by atoms with E-state index < -0.39 is 12.1 Å². The topological polar surface area (TPSA) is 95.9 Å². The molecule has 0 heterocycles. The minimum absolute atomic E-state index is 0.0426. The molecule has 0 aliphatic carbocycles. The summed E-state index contributed by atoms with van der Waals surface area (Å²) < 4.78 is 5.43. The van der Waals surface area contributed by atoms with Crippen LogP contribution in [0.5, 0.6) is 0 Å². The largest absolute Gasteiger partial charge is 0.466 e. The van der Waals surface area contributed by atoms with Crippen molar-refractivity contribution in [2.24, 2.45) is 0 Å². The number of aliphatic hydroxyl groups excluding tert-OH is 2. The predicted octanol–water partition coefficient (Wildman–Crippen LogP) is 15.7. The number of hydrogen-bond donors (Lipinski definition) is 3. The van der Waals surface area contributed by atoms with Crippen LogP contribution >= 0.6 is 0 Å². The van der Waals surface area contributed by atoms with Crippen LogP contribution in [0.4, 0.5) is 0 Å². The van der Waals surface area contributed by atoms with Crippen LogP contribution in [-0.2, 0) is 14.3 Å². The van der Waals surface area contributed by atoms with E-state index in [1.54, 1.807) is 6.08 Å². The lowest BCUT2D eigenvalue weighted by Gasteiger charge is -2.20. The molecule has 0 rings (SSSR count). The number of carbonyl (C=O) groups is 2. The first-order valence-electron chi connectivity index (χ1n) is 26.3. The van der Waals surface area contributed by atoms with Crippen LogP contribution in [0, 0.1) is 0 Å². The van der Waals surface area contributed by atoms with Crippen molar-refractivity contribution in [3.05, 3.63) is 36.5 Å². The SMILES string of the molecule is CCC/C=C\C/C=C\CCCCCCCC(=O)OCCCCCCCCCCCC(=O)NC(CO)C(O)/C=C/CCCCCCCCCCCCCCCCCCCCC. The van der Waals surface area contributed by atoms with Crippen LogP contribution in [0.3, 0.4) is 0 Å². The van der Waals surface area contributed by atoms with Crippen LogP contribution in [0.1, 0.15) is 271 Å². The Morgan fingerprint density at radius 3 is 1.33 bits per heavy atom. The summed E-state index contributed by atoms with van der Waals surface area (Å²) in [4.78, 5) is 24.5. The molecule has 0 bridgehead atoms. The molecule has 0 saturated carbocycles. The number of unbranched alkanes of at least 4 members (excludes halogenated alkanes) is 33. The maximum atomic E-state index is 12.4. The van der Waals surface area contributed by atoms with Crippen LogP contribution in [0.25, 0.3) is 0 Å². The molecule has 0 fully saturated rings. The molecule has 0 aliphatic heterocycles. The summed E-state index contributed by atoms with van der Waals surface area (Å²) in [5.41, 5.74) is 0. The van der Waals surface area contributed by atoms with E-state index in [1.807, 2.05) is 6.08 Å². The zero-order valence-corrected chi connectivity index (χ0v) is 39.9. The fourth-order valence-corrected chi connectivity index (χ4v) is 7.85. The summed E-state index contributed by atoms with van der Waals surface area (Å²) in [5, 5.41) is 23.1. The van der Waals surface area contributed by atoms with Crippen molar-refractivity contribution in [3.63, 3.8) is 0 Å². The van der Waals surface area contributed by atoms with Gasteiger partial charge in [-0.3, -0.25) is 9.59 Å². The summed E-state index contributed by atoms with van der Waals surface area (Å²) in [6.07, 6.45) is 60.0. The number of aliphatic hydroxyl groups is 2. The van der Waals surface area contributed by atoms with Gasteiger partial charge in [0.05, 0.1) is 25.4 Å². The Morgan fingerprint density at radius 2 is 0.867 bits per heavy atom. The molecule has 0 aromatic carbocycles. The van der Waals surface area contributed by atoms with Gasteiger partial charge in [0.25, 0.3) is 0 Å². The molecule has 0 aromatic rings. The molecular formula is C54H101NO5. The quantitative estimate of drug-likeness (QED) is 0.0322. The van der Waals surface area contributed by atoms with E-state index in [0.29, 0.717) is 19.4 Å². The Morgan fingerprint density at radius 1 is 0.467 bits per heavy atom. The van der Waals surface area contributed by atoms with E-state index in [4.69, 9.17) is 4.74 Å². The third-order valence-electron chi connectivity index (χ3n) is 11.9. The van der Waals surface area contributed by atoms with Gasteiger partial charge in [-0.25, -0.2) is 0 Å².